The molecular formula is C87H106N6O12S2. The lowest BCUT2D eigenvalue weighted by atomic mass is 9.49. The summed E-state index contributed by atoms with van der Waals surface area (Å²) in [6.07, 6.45) is 12.5. The number of aromatic nitrogens is 1. The number of nitrogens with two attached hydrogens (primary N) is 1. The molecule has 3 unspecified atom stereocenters. The van der Waals surface area contributed by atoms with Crippen LogP contribution in [0.2, 0.25) is 0 Å². The second-order valence-corrected chi connectivity index (χ2v) is 32.8. The minimum Gasteiger partial charge on any atom is -0.615 e. The smallest absolute Gasteiger partial charge is 0.337 e. The van der Waals surface area contributed by atoms with Gasteiger partial charge in [-0.25, -0.2) is 4.79 Å². The second kappa shape index (κ2) is 36.6. The molecule has 2 bridgehead atoms. The Morgan fingerprint density at radius 3 is 1.94 bits per heavy atom. The predicted octanol–water partition coefficient (Wildman–Crippen LogP) is 14.3. The normalized spacial score (nSPS) is 22.1. The average molecular weight is 1490 g/mol. The third-order valence-electron chi connectivity index (χ3n) is 21.8. The number of benzene rings is 7. The van der Waals surface area contributed by atoms with Gasteiger partial charge >= 0.3 is 11.9 Å². The van der Waals surface area contributed by atoms with Crippen molar-refractivity contribution >= 4 is 57.9 Å². The van der Waals surface area contributed by atoms with Gasteiger partial charge in [0.1, 0.15) is 5.75 Å². The third-order valence-corrected chi connectivity index (χ3v) is 24.5. The largest absolute Gasteiger partial charge is 0.615 e. The van der Waals surface area contributed by atoms with Crippen LogP contribution in [0.1, 0.15) is 146 Å². The van der Waals surface area contributed by atoms with Gasteiger partial charge in [0, 0.05) is 82.9 Å². The van der Waals surface area contributed by atoms with Crippen molar-refractivity contribution in [2.45, 2.75) is 154 Å². The number of aliphatic carboxylic acids is 1. The molecule has 4 fully saturated rings. The minimum absolute atomic E-state index is 0.0454. The molecule has 8 aromatic rings. The number of nitrogens with zero attached hydrogens (tertiary/aromatic N) is 5. The number of methoxy groups -OCH3 is 1. The van der Waals surface area contributed by atoms with E-state index in [1.807, 2.05) is 127 Å². The average Bonchev–Trinajstić information content (AvgIpc) is 1.56. The number of primary amides is 1. The molecule has 107 heavy (non-hydrogen) atoms. The number of para-hydroxylation sites is 2. The Balaban J connectivity index is 0.000000140. The zero-order valence-corrected chi connectivity index (χ0v) is 64.8. The number of likely N-dealkylation sites (tertiary alicyclic amines) is 1. The number of phenolic OH excluding ortho intramolecular Hbond substituents is 1. The van der Waals surface area contributed by atoms with Gasteiger partial charge in [-0.15, -0.1) is 0 Å². The molecule has 7 aliphatic rings. The van der Waals surface area contributed by atoms with Crippen LogP contribution in [0, 0.1) is 17.8 Å². The van der Waals surface area contributed by atoms with Crippen LogP contribution in [0.3, 0.4) is 0 Å². The van der Waals surface area contributed by atoms with Crippen molar-refractivity contribution in [3.63, 3.8) is 0 Å². The summed E-state index contributed by atoms with van der Waals surface area (Å²) in [7, 11) is 10.1. The van der Waals surface area contributed by atoms with E-state index in [1.54, 1.807) is 26.2 Å². The molecule has 0 radical (unpaired) electrons. The molecule has 4 heterocycles. The molecular weight excluding hydrogens is 1390 g/mol. The summed E-state index contributed by atoms with van der Waals surface area (Å²) < 4.78 is 23.7. The number of ketones is 1. The van der Waals surface area contributed by atoms with E-state index in [0.717, 1.165) is 110 Å². The number of rotatable bonds is 19. The number of anilines is 2. The van der Waals surface area contributed by atoms with E-state index >= 15 is 0 Å². The van der Waals surface area contributed by atoms with Crippen LogP contribution in [0.25, 0.3) is 0 Å². The number of ether oxygens (including phenoxy) is 2. The fraction of sp³-hybridized carbons (Fsp3) is 0.414. The molecule has 18 nitrogen and oxygen atoms in total. The highest BCUT2D eigenvalue weighted by Gasteiger charge is 2.73. The Morgan fingerprint density at radius 1 is 0.757 bits per heavy atom. The molecule has 1 aromatic heterocycles. The molecule has 4 aliphatic carbocycles. The number of pyridine rings is 1. The van der Waals surface area contributed by atoms with Crippen LogP contribution in [0.5, 0.6) is 17.2 Å². The first-order chi connectivity index (χ1) is 51.3. The lowest BCUT2D eigenvalue weighted by molar-refractivity contribution is -0.188. The van der Waals surface area contributed by atoms with Crippen molar-refractivity contribution in [2.24, 2.45) is 23.5 Å². The number of carbonyl (C=O) groups excluding carboxylic acids is 2. The fourth-order valence-corrected chi connectivity index (χ4v) is 18.3. The number of carboxylic acid groups (broad SMARTS) is 2. The van der Waals surface area contributed by atoms with Gasteiger partial charge in [0.2, 0.25) is 0 Å². The molecule has 1 spiro atoms. The summed E-state index contributed by atoms with van der Waals surface area (Å²) in [5.74, 6) is 0.327. The number of aromatic hydroxyl groups is 1. The topological polar surface area (TPSA) is 263 Å². The highest BCUT2D eigenvalue weighted by molar-refractivity contribution is 7.99. The molecule has 15 rings (SSSR count). The highest BCUT2D eigenvalue weighted by atomic mass is 32.2. The Hall–Kier alpha value is -8.57. The SMILES string of the molecule is CC(C)Cc1ccc(C(C)C(=O)O)cc1.CC(CN1c2ccccc2Sc2ccccc21)N(C)C.COc1cccc([C@@]2(O)CCCC[C@@H]2CN(C)C)c1.NC(=O)C[S+]([O-])C(c1ccccc1)c1ccccc1.O=C(O)c1cccnc1.O=C1CC[C@@]2(O)[C@H]3Cc4ccc(O)c5c4[C@@]2(CCN3CC2CC2)[C@H]1O5. The maximum absolute atomic E-state index is 12.7. The molecule has 7 aromatic carbocycles. The quantitative estimate of drug-likeness (QED) is 0.0411. The number of piperidine rings is 1. The molecule has 1 saturated heterocycles. The number of amides is 1. The Kier molecular flexibility index (Phi) is 27.7. The number of phenols is 1. The lowest BCUT2D eigenvalue weighted by Gasteiger charge is -2.62. The van der Waals surface area contributed by atoms with Crippen molar-refractivity contribution in [1.82, 2.24) is 19.7 Å². The molecule has 568 valence electrons. The van der Waals surface area contributed by atoms with E-state index < -0.39 is 57.7 Å². The van der Waals surface area contributed by atoms with Crippen LogP contribution in [0.15, 0.2) is 204 Å². The Morgan fingerprint density at radius 2 is 1.39 bits per heavy atom. The zero-order chi connectivity index (χ0) is 76.7. The Labute approximate surface area is 638 Å². The first kappa shape index (κ1) is 81.0. The number of Topliss-reactive ketones (excluding diaryl/α,β-unsaturated/α-hetero) is 1. The van der Waals surface area contributed by atoms with Crippen LogP contribution in [-0.4, -0.2) is 164 Å². The number of fused-ring (bicyclic) bond motifs is 2. The van der Waals surface area contributed by atoms with Gasteiger partial charge < -0.3 is 60.0 Å². The van der Waals surface area contributed by atoms with E-state index in [0.29, 0.717) is 36.5 Å². The maximum Gasteiger partial charge on any atom is 0.337 e. The highest BCUT2D eigenvalue weighted by Crippen LogP contribution is 2.65. The zero-order valence-electron chi connectivity index (χ0n) is 63.1. The summed E-state index contributed by atoms with van der Waals surface area (Å²) in [6.45, 7) is 12.2. The van der Waals surface area contributed by atoms with Gasteiger partial charge in [-0.3, -0.25) is 24.3 Å². The van der Waals surface area contributed by atoms with Crippen molar-refractivity contribution in [1.29, 1.82) is 0 Å². The van der Waals surface area contributed by atoms with Gasteiger partial charge in [0.25, 0.3) is 5.91 Å². The first-order valence-corrected chi connectivity index (χ1v) is 39.5. The molecule has 1 amide bonds. The number of likely N-dealkylation sites (N-methyl/N-ethyl adjacent to an activating group) is 1. The van der Waals surface area contributed by atoms with Gasteiger partial charge in [0.15, 0.2) is 34.4 Å². The van der Waals surface area contributed by atoms with E-state index in [1.165, 1.54) is 64.5 Å². The Bertz CT molecular complexity index is 4180. The van der Waals surface area contributed by atoms with Crippen LogP contribution < -0.4 is 20.1 Å². The van der Waals surface area contributed by atoms with Crippen molar-refractivity contribution < 1.29 is 58.7 Å². The van der Waals surface area contributed by atoms with Gasteiger partial charge in [0.05, 0.1) is 46.6 Å². The minimum atomic E-state index is -1.36. The standard InChI is InChI=1S/C20H23NO4.C17H20N2S.C16H25NO2.C15H15NO2S.C13H18O2.C6H5NO2/c22-13-4-3-12-9-15-20(24)6-5-14(23)18-19(20,16(12)17(13)25-18)7-8-21(15)10-11-1-2-11;1-13(18(2)3)12-19-14-8-4-6-10-16(14)20-17-11-7-5-9-15(17)19;1-17(2)12-14-7-4-5-10-16(14,18)13-8-6-9-15(11-13)19-3;16-14(17)11-19(18)15(12-7-3-1-4-8-12)13-9-5-2-6-10-13;1-9(2)8-11-4-6-12(7-5-11)10(3)13(14)15;8-6(9)5-2-1-3-7-4-5/h3-4,11,15,18,22,24H,1-2,5-10H2;4-11,13H,12H2,1-3H3;6,8-9,11,14,18H,4-5,7,10,12H2,1-3H3;1-10,15H,11H2,(H2,16,17);4-7,9-10H,8H2,1-3H3,(H,14,15);1-4H,(H,8,9)/t15-,18+,19+,20-;;14-,16+;;;/m1.1.../s1. The number of carboxylic acids is 2. The summed E-state index contributed by atoms with van der Waals surface area (Å²) in [6, 6.07) is 59.4. The number of aliphatic hydroxyl groups is 2. The monoisotopic (exact) mass is 1490 g/mol. The summed E-state index contributed by atoms with van der Waals surface area (Å²) in [5, 5.41) is 50.4. The number of carbonyl (C=O) groups is 4. The number of hydrogen-bond acceptors (Lipinski definition) is 16. The molecule has 20 heteroatoms. The third kappa shape index (κ3) is 19.3. The van der Waals surface area contributed by atoms with Gasteiger partial charge in [-0.2, -0.15) is 0 Å². The predicted molar refractivity (Wildman–Crippen MR) is 424 cm³/mol. The lowest BCUT2D eigenvalue weighted by Crippen LogP contribution is -2.76. The summed E-state index contributed by atoms with van der Waals surface area (Å²) in [4.78, 5) is 60.3. The fourth-order valence-electron chi connectivity index (χ4n) is 15.9. The van der Waals surface area contributed by atoms with Crippen LogP contribution in [-0.2, 0) is 49.4 Å². The van der Waals surface area contributed by atoms with E-state index in [2.05, 4.69) is 122 Å². The number of hydrogen-bond donors (Lipinski definition) is 6. The van der Waals surface area contributed by atoms with Crippen molar-refractivity contribution in [3.8, 4) is 17.2 Å². The summed E-state index contributed by atoms with van der Waals surface area (Å²) in [5.41, 5.74) is 12.8. The van der Waals surface area contributed by atoms with Crippen LogP contribution in [0.4, 0.5) is 11.4 Å². The van der Waals surface area contributed by atoms with Crippen molar-refractivity contribution in [3.05, 3.63) is 239 Å². The van der Waals surface area contributed by atoms with E-state index in [-0.39, 0.29) is 34.1 Å². The van der Waals surface area contributed by atoms with E-state index in [9.17, 15) is 39.1 Å². The molecule has 9 atom stereocenters. The van der Waals surface area contributed by atoms with Crippen LogP contribution >= 0.6 is 11.8 Å². The van der Waals surface area contributed by atoms with Gasteiger partial charge in [-0.05, 0) is 200 Å². The molecule has 3 aliphatic heterocycles. The first-order valence-electron chi connectivity index (χ1n) is 37.3. The summed E-state index contributed by atoms with van der Waals surface area (Å²) >= 11 is 0.502. The van der Waals surface area contributed by atoms with Gasteiger partial charge in [-0.1, -0.05) is 166 Å². The van der Waals surface area contributed by atoms with Crippen molar-refractivity contribution in [2.75, 3.05) is 72.1 Å². The number of aromatic carboxylic acids is 1. The maximum atomic E-state index is 12.7. The molecule has 3 saturated carbocycles. The molecule has 7 N–H and O–H groups in total. The second-order valence-electron chi connectivity index (χ2n) is 30.2. The van der Waals surface area contributed by atoms with E-state index in [4.69, 9.17) is 25.4 Å².